The lowest BCUT2D eigenvalue weighted by atomic mass is 10.3. The standard InChI is InChI=1S/C10H20O2/c1-5-9(11-7-3)10(6-2)12-8-4/h5-8H2,1-4H3/b10-9+. The van der Waals surface area contributed by atoms with Crippen LogP contribution >= 0.6 is 0 Å². The quantitative estimate of drug-likeness (QED) is 0.573. The van der Waals surface area contributed by atoms with E-state index in [4.69, 9.17) is 9.47 Å². The molecule has 0 aromatic heterocycles. The molecule has 0 aliphatic rings. The average Bonchev–Trinajstić information content (AvgIpc) is 2.11. The van der Waals surface area contributed by atoms with E-state index in [0.717, 1.165) is 37.6 Å². The van der Waals surface area contributed by atoms with Crippen LogP contribution in [0.5, 0.6) is 0 Å². The van der Waals surface area contributed by atoms with Gasteiger partial charge in [-0.05, 0) is 13.8 Å². The van der Waals surface area contributed by atoms with Gasteiger partial charge < -0.3 is 9.47 Å². The summed E-state index contributed by atoms with van der Waals surface area (Å²) in [5, 5.41) is 0. The average molecular weight is 172 g/mol. The Balaban J connectivity index is 4.26. The first-order valence-electron chi connectivity index (χ1n) is 4.77. The van der Waals surface area contributed by atoms with Crippen LogP contribution in [0.25, 0.3) is 0 Å². The summed E-state index contributed by atoms with van der Waals surface area (Å²) in [5.41, 5.74) is 0. The van der Waals surface area contributed by atoms with Crippen molar-refractivity contribution in [2.24, 2.45) is 0 Å². The number of hydrogen-bond donors (Lipinski definition) is 0. The van der Waals surface area contributed by atoms with Crippen LogP contribution in [0.3, 0.4) is 0 Å². The zero-order valence-electron chi connectivity index (χ0n) is 8.64. The third kappa shape index (κ3) is 3.65. The van der Waals surface area contributed by atoms with Crippen molar-refractivity contribution in [3.05, 3.63) is 11.5 Å². The monoisotopic (exact) mass is 172 g/mol. The Morgan fingerprint density at radius 3 is 1.25 bits per heavy atom. The molecule has 12 heavy (non-hydrogen) atoms. The fourth-order valence-electron chi connectivity index (χ4n) is 1.11. The van der Waals surface area contributed by atoms with E-state index in [1.54, 1.807) is 0 Å². The highest BCUT2D eigenvalue weighted by molar-refractivity contribution is 5.00. The van der Waals surface area contributed by atoms with Crippen molar-refractivity contribution in [1.29, 1.82) is 0 Å². The van der Waals surface area contributed by atoms with E-state index in [0.29, 0.717) is 0 Å². The van der Waals surface area contributed by atoms with E-state index in [1.165, 1.54) is 0 Å². The van der Waals surface area contributed by atoms with Crippen molar-refractivity contribution in [3.8, 4) is 0 Å². The van der Waals surface area contributed by atoms with E-state index in [-0.39, 0.29) is 0 Å². The first-order valence-corrected chi connectivity index (χ1v) is 4.77. The highest BCUT2D eigenvalue weighted by atomic mass is 16.5. The maximum Gasteiger partial charge on any atom is 0.133 e. The summed E-state index contributed by atoms with van der Waals surface area (Å²) < 4.78 is 10.9. The summed E-state index contributed by atoms with van der Waals surface area (Å²) in [6.45, 7) is 9.60. The molecule has 0 rings (SSSR count). The van der Waals surface area contributed by atoms with Crippen molar-refractivity contribution in [1.82, 2.24) is 0 Å². The maximum absolute atomic E-state index is 5.45. The molecule has 0 atom stereocenters. The summed E-state index contributed by atoms with van der Waals surface area (Å²) in [6, 6.07) is 0. The minimum Gasteiger partial charge on any atom is -0.495 e. The lowest BCUT2D eigenvalue weighted by Gasteiger charge is -2.13. The molecule has 0 heterocycles. The molecule has 72 valence electrons. The van der Waals surface area contributed by atoms with Gasteiger partial charge in [0.1, 0.15) is 11.5 Å². The zero-order valence-corrected chi connectivity index (χ0v) is 8.64. The molecule has 0 unspecified atom stereocenters. The minimum atomic E-state index is 0.722. The summed E-state index contributed by atoms with van der Waals surface area (Å²) in [5.74, 6) is 2.00. The minimum absolute atomic E-state index is 0.722. The molecular formula is C10H20O2. The molecule has 0 bridgehead atoms. The molecule has 0 amide bonds. The van der Waals surface area contributed by atoms with Gasteiger partial charge in [-0.1, -0.05) is 13.8 Å². The van der Waals surface area contributed by atoms with E-state index < -0.39 is 0 Å². The Hall–Kier alpha value is -0.660. The van der Waals surface area contributed by atoms with Crippen molar-refractivity contribution in [3.63, 3.8) is 0 Å². The molecule has 0 aliphatic heterocycles. The molecule has 2 nitrogen and oxygen atoms in total. The van der Waals surface area contributed by atoms with Crippen LogP contribution in [0.15, 0.2) is 11.5 Å². The highest BCUT2D eigenvalue weighted by Crippen LogP contribution is 2.14. The van der Waals surface area contributed by atoms with Gasteiger partial charge in [-0.15, -0.1) is 0 Å². The van der Waals surface area contributed by atoms with Crippen molar-refractivity contribution in [2.45, 2.75) is 40.5 Å². The van der Waals surface area contributed by atoms with Gasteiger partial charge >= 0.3 is 0 Å². The van der Waals surface area contributed by atoms with E-state index in [9.17, 15) is 0 Å². The Bertz CT molecular complexity index is 123. The number of hydrogen-bond acceptors (Lipinski definition) is 2. The van der Waals surface area contributed by atoms with E-state index in [2.05, 4.69) is 13.8 Å². The number of rotatable bonds is 6. The van der Waals surface area contributed by atoms with Crippen LogP contribution in [-0.2, 0) is 9.47 Å². The van der Waals surface area contributed by atoms with Crippen LogP contribution < -0.4 is 0 Å². The van der Waals surface area contributed by atoms with Crippen molar-refractivity contribution in [2.75, 3.05) is 13.2 Å². The van der Waals surface area contributed by atoms with Crippen LogP contribution in [0.2, 0.25) is 0 Å². The van der Waals surface area contributed by atoms with E-state index >= 15 is 0 Å². The normalized spacial score (nSPS) is 12.3. The third-order valence-corrected chi connectivity index (χ3v) is 1.59. The van der Waals surface area contributed by atoms with Crippen LogP contribution in [0.1, 0.15) is 40.5 Å². The number of allylic oxidation sites excluding steroid dienone is 2. The van der Waals surface area contributed by atoms with Gasteiger partial charge in [0, 0.05) is 12.8 Å². The van der Waals surface area contributed by atoms with Gasteiger partial charge in [-0.2, -0.15) is 0 Å². The summed E-state index contributed by atoms with van der Waals surface area (Å²) >= 11 is 0. The van der Waals surface area contributed by atoms with Gasteiger partial charge in [-0.25, -0.2) is 0 Å². The van der Waals surface area contributed by atoms with Gasteiger partial charge in [-0.3, -0.25) is 0 Å². The molecular weight excluding hydrogens is 152 g/mol. The Labute approximate surface area is 75.6 Å². The zero-order chi connectivity index (χ0) is 9.40. The molecule has 0 aromatic rings. The van der Waals surface area contributed by atoms with Gasteiger partial charge in [0.15, 0.2) is 0 Å². The van der Waals surface area contributed by atoms with Gasteiger partial charge in [0.25, 0.3) is 0 Å². The lowest BCUT2D eigenvalue weighted by molar-refractivity contribution is 0.156. The fraction of sp³-hybridized carbons (Fsp3) is 0.800. The maximum atomic E-state index is 5.45. The first-order chi connectivity index (χ1) is 5.79. The smallest absolute Gasteiger partial charge is 0.133 e. The second-order valence-corrected chi connectivity index (χ2v) is 2.42. The second-order valence-electron chi connectivity index (χ2n) is 2.42. The molecule has 2 heteroatoms. The first kappa shape index (κ1) is 11.3. The van der Waals surface area contributed by atoms with Crippen LogP contribution in [-0.4, -0.2) is 13.2 Å². The molecule has 0 aromatic carbocycles. The van der Waals surface area contributed by atoms with Crippen molar-refractivity contribution >= 4 is 0 Å². The topological polar surface area (TPSA) is 18.5 Å². The second kappa shape index (κ2) is 7.01. The van der Waals surface area contributed by atoms with Gasteiger partial charge in [0.05, 0.1) is 13.2 Å². The Morgan fingerprint density at radius 2 is 1.08 bits per heavy atom. The SMILES string of the molecule is CCO/C(CC)=C(\CC)OCC. The predicted molar refractivity (Wildman–Crippen MR) is 50.9 cm³/mol. The Kier molecular flexibility index (Phi) is 6.63. The molecule has 0 saturated carbocycles. The largest absolute Gasteiger partial charge is 0.495 e. The molecule has 0 aliphatic carbocycles. The van der Waals surface area contributed by atoms with Crippen LogP contribution in [0, 0.1) is 0 Å². The van der Waals surface area contributed by atoms with Crippen LogP contribution in [0.4, 0.5) is 0 Å². The third-order valence-electron chi connectivity index (χ3n) is 1.59. The summed E-state index contributed by atoms with van der Waals surface area (Å²) in [4.78, 5) is 0. The Morgan fingerprint density at radius 1 is 0.750 bits per heavy atom. The van der Waals surface area contributed by atoms with Crippen molar-refractivity contribution < 1.29 is 9.47 Å². The molecule has 0 fully saturated rings. The summed E-state index contributed by atoms with van der Waals surface area (Å²) in [6.07, 6.45) is 1.83. The molecule has 0 saturated heterocycles. The molecule has 0 radical (unpaired) electrons. The lowest BCUT2D eigenvalue weighted by Crippen LogP contribution is -2.00. The summed E-state index contributed by atoms with van der Waals surface area (Å²) in [7, 11) is 0. The molecule has 0 spiro atoms. The predicted octanol–water partition coefficient (Wildman–Crippen LogP) is 3.09. The molecule has 0 N–H and O–H groups in total. The van der Waals surface area contributed by atoms with Gasteiger partial charge in [0.2, 0.25) is 0 Å². The number of ether oxygens (including phenoxy) is 2. The van der Waals surface area contributed by atoms with E-state index in [1.807, 2.05) is 13.8 Å². The highest BCUT2D eigenvalue weighted by Gasteiger charge is 2.04. The fourth-order valence-corrected chi connectivity index (χ4v) is 1.11.